The predicted octanol–water partition coefficient (Wildman–Crippen LogP) is 3.26. The predicted molar refractivity (Wildman–Crippen MR) is 101 cm³/mol. The van der Waals surface area contributed by atoms with Crippen molar-refractivity contribution in [3.8, 4) is 5.75 Å². The highest BCUT2D eigenvalue weighted by Crippen LogP contribution is 2.31. The highest BCUT2D eigenvalue weighted by molar-refractivity contribution is 7.85. The molecule has 0 aliphatic heterocycles. The molecule has 0 fully saturated rings. The molecule has 0 atom stereocenters. The summed E-state index contributed by atoms with van der Waals surface area (Å²) in [5, 5.41) is 24.0. The van der Waals surface area contributed by atoms with Gasteiger partial charge >= 0.3 is 0 Å². The summed E-state index contributed by atoms with van der Waals surface area (Å²) in [6.45, 7) is 1.66. The van der Waals surface area contributed by atoms with Gasteiger partial charge in [-0.05, 0) is 48.2 Å². The first-order valence-corrected chi connectivity index (χ1v) is 9.31. The molecule has 0 spiro atoms. The first kappa shape index (κ1) is 19.3. The highest BCUT2D eigenvalue weighted by Gasteiger charge is 2.22. The van der Waals surface area contributed by atoms with Crippen molar-refractivity contribution in [2.45, 2.75) is 11.8 Å². The highest BCUT2D eigenvalue weighted by atomic mass is 32.2. The van der Waals surface area contributed by atoms with Gasteiger partial charge in [-0.3, -0.25) is 19.5 Å². The standard InChI is InChI=1S/C18H14N2O7S/c1-10-2-5-17(20(23)24)15(6-10)18(22)19-16-9-13(28(25,26)27)7-11-3-4-12(21)8-14(11)16/h2-9,21H,1H3,(H,19,22)(H,25,26,27). The fraction of sp³-hybridized carbons (Fsp3) is 0.0556. The van der Waals surface area contributed by atoms with Gasteiger partial charge in [-0.2, -0.15) is 8.42 Å². The summed E-state index contributed by atoms with van der Waals surface area (Å²) in [6.07, 6.45) is 0. The van der Waals surface area contributed by atoms with Crippen LogP contribution >= 0.6 is 0 Å². The van der Waals surface area contributed by atoms with Crippen LogP contribution in [0.15, 0.2) is 53.4 Å². The zero-order valence-corrected chi connectivity index (χ0v) is 15.2. The van der Waals surface area contributed by atoms with E-state index in [4.69, 9.17) is 0 Å². The maximum absolute atomic E-state index is 12.7. The molecule has 0 aliphatic rings. The van der Waals surface area contributed by atoms with Crippen LogP contribution in [0.5, 0.6) is 5.75 Å². The van der Waals surface area contributed by atoms with Crippen molar-refractivity contribution in [3.63, 3.8) is 0 Å². The minimum atomic E-state index is -4.58. The van der Waals surface area contributed by atoms with Crippen molar-refractivity contribution in [3.05, 3.63) is 69.8 Å². The summed E-state index contributed by atoms with van der Waals surface area (Å²) in [4.78, 5) is 22.7. The van der Waals surface area contributed by atoms with Crippen molar-refractivity contribution in [1.82, 2.24) is 0 Å². The monoisotopic (exact) mass is 402 g/mol. The van der Waals surface area contributed by atoms with E-state index >= 15 is 0 Å². The number of hydrogen-bond acceptors (Lipinski definition) is 6. The van der Waals surface area contributed by atoms with Crippen molar-refractivity contribution in [2.75, 3.05) is 5.32 Å². The molecule has 3 aromatic rings. The first-order chi connectivity index (χ1) is 13.1. The fourth-order valence-corrected chi connectivity index (χ4v) is 3.29. The Morgan fingerprint density at radius 3 is 2.46 bits per heavy atom. The molecule has 3 aromatic carbocycles. The molecule has 0 bridgehead atoms. The van der Waals surface area contributed by atoms with Gasteiger partial charge in [0.2, 0.25) is 0 Å². The topological polar surface area (TPSA) is 147 Å². The maximum atomic E-state index is 12.7. The third-order valence-corrected chi connectivity index (χ3v) is 4.88. The van der Waals surface area contributed by atoms with Crippen LogP contribution < -0.4 is 5.32 Å². The average molecular weight is 402 g/mol. The Labute approximate surface area is 159 Å². The molecule has 1 amide bonds. The number of aryl methyl sites for hydroxylation is 1. The van der Waals surface area contributed by atoms with E-state index in [1.807, 2.05) is 0 Å². The summed E-state index contributed by atoms with van der Waals surface area (Å²) >= 11 is 0. The lowest BCUT2D eigenvalue weighted by Gasteiger charge is -2.12. The number of nitrogens with one attached hydrogen (secondary N) is 1. The number of hydrogen-bond donors (Lipinski definition) is 3. The van der Waals surface area contributed by atoms with Crippen LogP contribution in [0.1, 0.15) is 15.9 Å². The van der Waals surface area contributed by atoms with Crippen molar-refractivity contribution < 1.29 is 27.8 Å². The second-order valence-corrected chi connectivity index (χ2v) is 7.50. The van der Waals surface area contributed by atoms with Gasteiger partial charge in [0, 0.05) is 11.5 Å². The van der Waals surface area contributed by atoms with E-state index in [-0.39, 0.29) is 22.4 Å². The van der Waals surface area contributed by atoms with E-state index in [9.17, 15) is 33.0 Å². The molecule has 9 nitrogen and oxygen atoms in total. The quantitative estimate of drug-likeness (QED) is 0.345. The Morgan fingerprint density at radius 2 is 1.82 bits per heavy atom. The van der Waals surface area contributed by atoms with Crippen LogP contribution in [0.3, 0.4) is 0 Å². The lowest BCUT2D eigenvalue weighted by molar-refractivity contribution is -0.385. The summed E-state index contributed by atoms with van der Waals surface area (Å²) < 4.78 is 32.4. The van der Waals surface area contributed by atoms with Crippen LogP contribution in [0.2, 0.25) is 0 Å². The van der Waals surface area contributed by atoms with E-state index in [1.165, 1.54) is 42.5 Å². The third-order valence-electron chi connectivity index (χ3n) is 4.05. The number of carbonyl (C=O) groups is 1. The number of benzene rings is 3. The maximum Gasteiger partial charge on any atom is 0.294 e. The minimum Gasteiger partial charge on any atom is -0.508 e. The van der Waals surface area contributed by atoms with Gasteiger partial charge in [-0.15, -0.1) is 0 Å². The molecule has 0 saturated heterocycles. The van der Waals surface area contributed by atoms with Crippen LogP contribution in [0.25, 0.3) is 10.8 Å². The Kier molecular flexibility index (Phi) is 4.75. The molecule has 0 unspecified atom stereocenters. The number of fused-ring (bicyclic) bond motifs is 1. The molecule has 0 aromatic heterocycles. The van der Waals surface area contributed by atoms with Gasteiger partial charge in [0.1, 0.15) is 11.3 Å². The lowest BCUT2D eigenvalue weighted by atomic mass is 10.1. The Bertz CT molecular complexity index is 1240. The molecule has 0 aliphatic carbocycles. The van der Waals surface area contributed by atoms with Gasteiger partial charge in [0.25, 0.3) is 21.7 Å². The molecule has 3 N–H and O–H groups in total. The number of nitro benzene ring substituents is 1. The van der Waals surface area contributed by atoms with Crippen LogP contribution in [-0.2, 0) is 10.1 Å². The molecular weight excluding hydrogens is 388 g/mol. The van der Waals surface area contributed by atoms with E-state index in [1.54, 1.807) is 6.92 Å². The van der Waals surface area contributed by atoms with Gasteiger partial charge in [0.15, 0.2) is 0 Å². The number of rotatable bonds is 4. The van der Waals surface area contributed by atoms with Crippen molar-refractivity contribution >= 4 is 38.2 Å². The van der Waals surface area contributed by atoms with Crippen LogP contribution in [0, 0.1) is 17.0 Å². The van der Waals surface area contributed by atoms with Gasteiger partial charge in [0.05, 0.1) is 15.5 Å². The second kappa shape index (κ2) is 6.91. The van der Waals surface area contributed by atoms with Crippen LogP contribution in [0.4, 0.5) is 11.4 Å². The van der Waals surface area contributed by atoms with Crippen molar-refractivity contribution in [2.24, 2.45) is 0 Å². The summed E-state index contributed by atoms with van der Waals surface area (Å²) in [5.41, 5.74) is -0.0523. The second-order valence-electron chi connectivity index (χ2n) is 6.08. The minimum absolute atomic E-state index is 0.0400. The molecule has 0 heterocycles. The number of aromatic hydroxyl groups is 1. The Hall–Kier alpha value is -3.50. The molecule has 28 heavy (non-hydrogen) atoms. The number of nitrogens with zero attached hydrogens (tertiary/aromatic N) is 1. The molecule has 3 rings (SSSR count). The fourth-order valence-electron chi connectivity index (χ4n) is 2.75. The first-order valence-electron chi connectivity index (χ1n) is 7.87. The zero-order chi connectivity index (χ0) is 20.6. The molecule has 0 saturated carbocycles. The third kappa shape index (κ3) is 3.77. The number of phenolic OH excluding ortho intramolecular Hbond substituents is 1. The summed E-state index contributed by atoms with van der Waals surface area (Å²) in [6, 6.07) is 10.2. The molecule has 144 valence electrons. The van der Waals surface area contributed by atoms with Crippen LogP contribution in [-0.4, -0.2) is 28.9 Å². The molecular formula is C18H14N2O7S. The average Bonchev–Trinajstić information content (AvgIpc) is 2.60. The normalized spacial score (nSPS) is 11.4. The number of amides is 1. The van der Waals surface area contributed by atoms with Crippen molar-refractivity contribution in [1.29, 1.82) is 0 Å². The van der Waals surface area contributed by atoms with E-state index in [0.29, 0.717) is 10.9 Å². The van der Waals surface area contributed by atoms with Gasteiger partial charge in [-0.25, -0.2) is 0 Å². The Morgan fingerprint density at radius 1 is 1.11 bits per heavy atom. The molecule has 0 radical (unpaired) electrons. The van der Waals surface area contributed by atoms with E-state index < -0.39 is 31.5 Å². The van der Waals surface area contributed by atoms with E-state index in [2.05, 4.69) is 5.32 Å². The van der Waals surface area contributed by atoms with E-state index in [0.717, 1.165) is 6.07 Å². The molecule has 10 heteroatoms. The lowest BCUT2D eigenvalue weighted by Crippen LogP contribution is -2.15. The summed E-state index contributed by atoms with van der Waals surface area (Å²) in [5.74, 6) is -0.975. The largest absolute Gasteiger partial charge is 0.508 e. The van der Waals surface area contributed by atoms with Gasteiger partial charge in [-0.1, -0.05) is 12.1 Å². The smallest absolute Gasteiger partial charge is 0.294 e. The Balaban J connectivity index is 2.17. The number of phenols is 1. The number of nitro groups is 1. The van der Waals surface area contributed by atoms with Gasteiger partial charge < -0.3 is 10.4 Å². The zero-order valence-electron chi connectivity index (χ0n) is 14.4. The number of carbonyl (C=O) groups excluding carboxylic acids is 1. The summed E-state index contributed by atoms with van der Waals surface area (Å²) in [7, 11) is -4.58. The SMILES string of the molecule is Cc1ccc([N+](=O)[O-])c(C(=O)Nc2cc(S(=O)(=O)O)cc3ccc(O)cc23)c1. The number of anilines is 1.